The van der Waals surface area contributed by atoms with Crippen molar-refractivity contribution < 1.29 is 23.7 Å². The van der Waals surface area contributed by atoms with E-state index >= 15 is 0 Å². The van der Waals surface area contributed by atoms with Gasteiger partial charge >= 0.3 is 5.97 Å². The van der Waals surface area contributed by atoms with E-state index in [1.807, 2.05) is 64.1 Å². The second-order valence-electron chi connectivity index (χ2n) is 8.18. The van der Waals surface area contributed by atoms with Gasteiger partial charge in [-0.25, -0.2) is 4.79 Å². The maximum atomic E-state index is 13.0. The molecule has 3 aromatic carbocycles. The molecule has 0 aliphatic carbocycles. The Morgan fingerprint density at radius 3 is 1.81 bits per heavy atom. The summed E-state index contributed by atoms with van der Waals surface area (Å²) < 4.78 is 24.1. The molecule has 2 heterocycles. The van der Waals surface area contributed by atoms with Crippen LogP contribution in [-0.2, 0) is 10.3 Å². The first kappa shape index (κ1) is 19.5. The fourth-order valence-corrected chi connectivity index (χ4v) is 5.18. The number of aryl methyl sites for hydroxylation is 2. The van der Waals surface area contributed by atoms with Crippen LogP contribution in [0.5, 0.6) is 23.0 Å². The van der Waals surface area contributed by atoms with E-state index in [0.717, 1.165) is 50.4 Å². The van der Waals surface area contributed by atoms with Crippen molar-refractivity contribution in [3.8, 4) is 23.0 Å². The number of ether oxygens (including phenoxy) is 4. The highest BCUT2D eigenvalue weighted by atomic mass is 16.6. The molecule has 0 fully saturated rings. The third-order valence-electron chi connectivity index (χ3n) is 6.43. The predicted octanol–water partition coefficient (Wildman–Crippen LogP) is 5.51. The van der Waals surface area contributed by atoms with E-state index in [1.54, 1.807) is 14.2 Å². The average molecular weight is 416 g/mol. The van der Waals surface area contributed by atoms with E-state index in [1.165, 1.54) is 0 Å². The average Bonchev–Trinajstić information content (AvgIpc) is 3.04. The van der Waals surface area contributed by atoms with Crippen LogP contribution in [0.25, 0.3) is 0 Å². The van der Waals surface area contributed by atoms with Gasteiger partial charge in [0.15, 0.2) is 5.60 Å². The van der Waals surface area contributed by atoms with Crippen molar-refractivity contribution in [3.05, 3.63) is 80.9 Å². The van der Waals surface area contributed by atoms with Crippen LogP contribution in [0, 0.1) is 27.7 Å². The first-order chi connectivity index (χ1) is 14.8. The molecule has 31 heavy (non-hydrogen) atoms. The fraction of sp³-hybridized carbons (Fsp3) is 0.269. The van der Waals surface area contributed by atoms with Crippen molar-refractivity contribution in [1.29, 1.82) is 0 Å². The Balaban J connectivity index is 1.96. The van der Waals surface area contributed by atoms with Crippen molar-refractivity contribution >= 4 is 5.97 Å². The SMILES string of the molecule is COc1c(C)cc2c(c1C)Oc1c(cc(C)c(OC)c1C)C21OC(=O)c2ccccc21. The molecule has 2 aliphatic heterocycles. The quantitative estimate of drug-likeness (QED) is 0.516. The summed E-state index contributed by atoms with van der Waals surface area (Å²) in [6.45, 7) is 7.91. The van der Waals surface area contributed by atoms with Crippen molar-refractivity contribution in [2.24, 2.45) is 0 Å². The van der Waals surface area contributed by atoms with Crippen LogP contribution in [0.3, 0.4) is 0 Å². The van der Waals surface area contributed by atoms with Gasteiger partial charge in [-0.15, -0.1) is 0 Å². The summed E-state index contributed by atoms with van der Waals surface area (Å²) >= 11 is 0. The highest BCUT2D eigenvalue weighted by Gasteiger charge is 2.54. The minimum absolute atomic E-state index is 0.341. The lowest BCUT2D eigenvalue weighted by atomic mass is 9.75. The Hall–Kier alpha value is -3.47. The normalized spacial score (nSPS) is 15.0. The minimum Gasteiger partial charge on any atom is -0.496 e. The first-order valence-corrected chi connectivity index (χ1v) is 10.2. The number of esters is 1. The maximum Gasteiger partial charge on any atom is 0.340 e. The number of carbonyl (C=O) groups excluding carboxylic acids is 1. The number of benzene rings is 3. The summed E-state index contributed by atoms with van der Waals surface area (Å²) in [6, 6.07) is 11.6. The molecule has 0 amide bonds. The van der Waals surface area contributed by atoms with Gasteiger partial charge < -0.3 is 18.9 Å². The Labute approximate surface area is 181 Å². The number of hydrogen-bond acceptors (Lipinski definition) is 5. The van der Waals surface area contributed by atoms with Gasteiger partial charge in [-0.05, 0) is 57.0 Å². The fourth-order valence-electron chi connectivity index (χ4n) is 5.18. The summed E-state index contributed by atoms with van der Waals surface area (Å²) in [5.41, 5.74) is 5.53. The van der Waals surface area contributed by atoms with Gasteiger partial charge in [0.1, 0.15) is 23.0 Å². The number of rotatable bonds is 2. The third kappa shape index (κ3) is 2.34. The molecule has 0 aromatic heterocycles. The van der Waals surface area contributed by atoms with Gasteiger partial charge in [0.25, 0.3) is 0 Å². The van der Waals surface area contributed by atoms with Crippen LogP contribution in [0.2, 0.25) is 0 Å². The van der Waals surface area contributed by atoms with Crippen LogP contribution in [-0.4, -0.2) is 20.2 Å². The van der Waals surface area contributed by atoms with Crippen LogP contribution in [0.15, 0.2) is 36.4 Å². The molecule has 0 saturated carbocycles. The lowest BCUT2D eigenvalue weighted by Crippen LogP contribution is -2.34. The van der Waals surface area contributed by atoms with Crippen LogP contribution in [0.4, 0.5) is 0 Å². The molecule has 0 bridgehead atoms. The number of carbonyl (C=O) groups is 1. The maximum absolute atomic E-state index is 13.0. The molecular formula is C26H24O5. The molecule has 158 valence electrons. The highest BCUT2D eigenvalue weighted by molar-refractivity contribution is 5.97. The minimum atomic E-state index is -1.10. The van der Waals surface area contributed by atoms with E-state index in [4.69, 9.17) is 18.9 Å². The molecule has 5 nitrogen and oxygen atoms in total. The highest BCUT2D eigenvalue weighted by Crippen LogP contribution is 2.59. The van der Waals surface area contributed by atoms with E-state index in [2.05, 4.69) is 0 Å². The summed E-state index contributed by atoms with van der Waals surface area (Å²) in [5.74, 6) is 2.46. The van der Waals surface area contributed by atoms with Gasteiger partial charge in [-0.1, -0.05) is 18.2 Å². The largest absolute Gasteiger partial charge is 0.496 e. The molecular weight excluding hydrogens is 392 g/mol. The first-order valence-electron chi connectivity index (χ1n) is 10.2. The summed E-state index contributed by atoms with van der Waals surface area (Å²) in [7, 11) is 3.30. The zero-order valence-electron chi connectivity index (χ0n) is 18.5. The number of fused-ring (bicyclic) bond motifs is 6. The zero-order valence-corrected chi connectivity index (χ0v) is 18.5. The summed E-state index contributed by atoms with van der Waals surface area (Å²) in [5, 5.41) is 0. The van der Waals surface area contributed by atoms with Crippen molar-refractivity contribution in [1.82, 2.24) is 0 Å². The monoisotopic (exact) mass is 416 g/mol. The van der Waals surface area contributed by atoms with E-state index in [-0.39, 0.29) is 5.97 Å². The van der Waals surface area contributed by atoms with E-state index < -0.39 is 5.60 Å². The van der Waals surface area contributed by atoms with Gasteiger partial charge in [-0.2, -0.15) is 0 Å². The van der Waals surface area contributed by atoms with Gasteiger partial charge in [0, 0.05) is 27.8 Å². The molecule has 1 spiro atoms. The van der Waals surface area contributed by atoms with Gasteiger partial charge in [-0.3, -0.25) is 0 Å². The number of methoxy groups -OCH3 is 2. The van der Waals surface area contributed by atoms with Gasteiger partial charge in [0.2, 0.25) is 0 Å². The van der Waals surface area contributed by atoms with Crippen LogP contribution in [0.1, 0.15) is 49.3 Å². The number of hydrogen-bond donors (Lipinski definition) is 0. The van der Waals surface area contributed by atoms with Gasteiger partial charge in [0.05, 0.1) is 19.8 Å². The molecule has 0 N–H and O–H groups in total. The lowest BCUT2D eigenvalue weighted by Gasteiger charge is -2.39. The predicted molar refractivity (Wildman–Crippen MR) is 117 cm³/mol. The Morgan fingerprint density at radius 2 is 1.29 bits per heavy atom. The smallest absolute Gasteiger partial charge is 0.340 e. The molecule has 5 heteroatoms. The lowest BCUT2D eigenvalue weighted by molar-refractivity contribution is 0.0222. The van der Waals surface area contributed by atoms with Crippen molar-refractivity contribution in [3.63, 3.8) is 0 Å². The standard InChI is InChI=1S/C26H24O5/c1-13-11-19-23(15(3)21(13)28-5)30-24-16(4)22(29-6)14(2)12-20(24)26(19)18-10-8-7-9-17(18)25(27)31-26/h7-12H,1-6H3. The molecule has 0 saturated heterocycles. The summed E-state index contributed by atoms with van der Waals surface area (Å²) in [6.07, 6.45) is 0. The molecule has 2 aliphatic rings. The van der Waals surface area contributed by atoms with Crippen molar-refractivity contribution in [2.75, 3.05) is 14.2 Å². The Morgan fingerprint density at radius 1 is 0.774 bits per heavy atom. The molecule has 0 unspecified atom stereocenters. The van der Waals surface area contributed by atoms with Crippen molar-refractivity contribution in [2.45, 2.75) is 33.3 Å². The molecule has 5 rings (SSSR count). The van der Waals surface area contributed by atoms with Crippen LogP contribution < -0.4 is 14.2 Å². The topological polar surface area (TPSA) is 54.0 Å². The summed E-state index contributed by atoms with van der Waals surface area (Å²) in [4.78, 5) is 13.0. The second kappa shape index (κ2) is 6.51. The van der Waals surface area contributed by atoms with E-state index in [9.17, 15) is 4.79 Å². The zero-order chi connectivity index (χ0) is 22.1. The van der Waals surface area contributed by atoms with Crippen LogP contribution >= 0.6 is 0 Å². The molecule has 0 radical (unpaired) electrons. The molecule has 0 atom stereocenters. The Bertz CT molecular complexity index is 1210. The second-order valence-corrected chi connectivity index (χ2v) is 8.18. The molecule has 3 aromatic rings. The third-order valence-corrected chi connectivity index (χ3v) is 6.43. The Kier molecular flexibility index (Phi) is 4.09. The van der Waals surface area contributed by atoms with E-state index in [0.29, 0.717) is 17.1 Å².